The number of hydrogen-bond acceptors (Lipinski definition) is 4. The molecule has 28 heavy (non-hydrogen) atoms. The number of benzene rings is 1. The van der Waals surface area contributed by atoms with Crippen molar-refractivity contribution in [3.8, 4) is 11.3 Å². The number of rotatable bonds is 4. The number of nitrogens with one attached hydrogen (secondary N) is 1. The fraction of sp³-hybridized carbons (Fsp3) is 0.455. The number of carbonyl (C=O) groups is 1. The first-order chi connectivity index (χ1) is 13.6. The summed E-state index contributed by atoms with van der Waals surface area (Å²) >= 11 is 0. The zero-order chi connectivity index (χ0) is 19.1. The number of alkyl carbamates (subject to hydrolysis) is 1. The van der Waals surface area contributed by atoms with E-state index in [1.54, 1.807) is 6.07 Å². The monoisotopic (exact) mass is 381 g/mol. The second-order valence-electron chi connectivity index (χ2n) is 8.23. The van der Waals surface area contributed by atoms with Gasteiger partial charge >= 0.3 is 6.09 Å². The smallest absolute Gasteiger partial charge is 0.408 e. The second-order valence-corrected chi connectivity index (χ2v) is 8.23. The van der Waals surface area contributed by atoms with Gasteiger partial charge in [-0.1, -0.05) is 24.3 Å². The van der Waals surface area contributed by atoms with Crippen LogP contribution in [0.1, 0.15) is 31.2 Å². The van der Waals surface area contributed by atoms with Crippen LogP contribution < -0.4 is 5.32 Å². The van der Waals surface area contributed by atoms with Crippen LogP contribution in [0.3, 0.4) is 0 Å². The van der Waals surface area contributed by atoms with Gasteiger partial charge in [-0.2, -0.15) is 0 Å². The zero-order valence-corrected chi connectivity index (χ0v) is 15.7. The summed E-state index contributed by atoms with van der Waals surface area (Å²) in [6.07, 6.45) is 5.01. The molecular formula is C22H24FN3O2. The molecule has 1 aromatic heterocycles. The summed E-state index contributed by atoms with van der Waals surface area (Å²) in [6, 6.07) is 11.0. The van der Waals surface area contributed by atoms with Gasteiger partial charge in [-0.05, 0) is 62.4 Å². The first-order valence-electron chi connectivity index (χ1n) is 10.0. The Kier molecular flexibility index (Phi) is 4.31. The van der Waals surface area contributed by atoms with Crippen LogP contribution in [0.2, 0.25) is 0 Å². The van der Waals surface area contributed by atoms with Gasteiger partial charge in [0.05, 0.1) is 17.4 Å². The number of ether oxygens (including phenoxy) is 1. The highest BCUT2D eigenvalue weighted by Gasteiger charge is 2.47. The second kappa shape index (κ2) is 6.85. The molecule has 4 fully saturated rings. The average molecular weight is 381 g/mol. The van der Waals surface area contributed by atoms with E-state index < -0.39 is 0 Å². The number of piperidine rings is 3. The molecule has 2 bridgehead atoms. The number of pyridine rings is 1. The van der Waals surface area contributed by atoms with E-state index in [1.165, 1.54) is 12.3 Å². The Hall–Kier alpha value is -2.47. The molecule has 6 heteroatoms. The van der Waals surface area contributed by atoms with Crippen molar-refractivity contribution < 1.29 is 13.9 Å². The van der Waals surface area contributed by atoms with Gasteiger partial charge in [-0.25, -0.2) is 9.18 Å². The average Bonchev–Trinajstić information content (AvgIpc) is 3.50. The molecular weight excluding hydrogens is 357 g/mol. The summed E-state index contributed by atoms with van der Waals surface area (Å²) in [5.74, 6) is 0.163. The molecule has 5 nitrogen and oxygen atoms in total. The van der Waals surface area contributed by atoms with Crippen LogP contribution in [-0.2, 0) is 10.3 Å². The maximum absolute atomic E-state index is 13.1. The summed E-state index contributed by atoms with van der Waals surface area (Å²) in [4.78, 5) is 19.0. The van der Waals surface area contributed by atoms with Gasteiger partial charge in [0.1, 0.15) is 11.9 Å². The topological polar surface area (TPSA) is 54.5 Å². The summed E-state index contributed by atoms with van der Waals surface area (Å²) in [5, 5.41) is 3.11. The molecule has 0 radical (unpaired) electrons. The highest BCUT2D eigenvalue weighted by molar-refractivity contribution is 5.70. The van der Waals surface area contributed by atoms with Crippen molar-refractivity contribution in [2.24, 2.45) is 5.92 Å². The van der Waals surface area contributed by atoms with Gasteiger partial charge in [-0.15, -0.1) is 0 Å². The lowest BCUT2D eigenvalue weighted by molar-refractivity contribution is -0.0342. The number of hydrogen-bond donors (Lipinski definition) is 1. The molecule has 1 N–H and O–H groups in total. The highest BCUT2D eigenvalue weighted by atomic mass is 19.1. The fourth-order valence-corrected chi connectivity index (χ4v) is 4.52. The van der Waals surface area contributed by atoms with Crippen LogP contribution in [0.4, 0.5) is 9.18 Å². The number of carbonyl (C=O) groups excluding carboxylic acids is 1. The van der Waals surface area contributed by atoms with Crippen molar-refractivity contribution in [3.05, 3.63) is 54.0 Å². The predicted molar refractivity (Wildman–Crippen MR) is 103 cm³/mol. The standard InChI is InChI=1S/C22H24FN3O2/c23-18-5-6-19(24-13-18)15-1-3-17(4-2-15)22(9-10-22)25-21(27)28-20-14-26-11-7-16(20)8-12-26/h1-6,13,16,20H,7-12,14H2,(H,25,27)/t20-/m1/s1. The van der Waals surface area contributed by atoms with Gasteiger partial charge in [-0.3, -0.25) is 9.88 Å². The molecule has 3 aliphatic heterocycles. The van der Waals surface area contributed by atoms with Crippen molar-refractivity contribution >= 4 is 6.09 Å². The summed E-state index contributed by atoms with van der Waals surface area (Å²) < 4.78 is 18.8. The Morgan fingerprint density at radius 2 is 1.89 bits per heavy atom. The van der Waals surface area contributed by atoms with Crippen LogP contribution in [0.15, 0.2) is 42.6 Å². The first-order valence-corrected chi connectivity index (χ1v) is 10.0. The lowest BCUT2D eigenvalue weighted by Gasteiger charge is -2.44. The van der Waals surface area contributed by atoms with Crippen molar-refractivity contribution in [2.45, 2.75) is 37.3 Å². The van der Waals surface area contributed by atoms with E-state index in [9.17, 15) is 9.18 Å². The molecule has 1 atom stereocenters. The molecule has 2 aromatic rings. The maximum atomic E-state index is 13.1. The molecule has 1 aliphatic carbocycles. The Labute approximate surface area is 163 Å². The predicted octanol–water partition coefficient (Wildman–Crippen LogP) is 3.70. The van der Waals surface area contributed by atoms with E-state index in [1.807, 2.05) is 24.3 Å². The Balaban J connectivity index is 1.24. The molecule has 1 aromatic carbocycles. The first kappa shape index (κ1) is 17.6. The van der Waals surface area contributed by atoms with Crippen molar-refractivity contribution in [3.63, 3.8) is 0 Å². The molecule has 0 unspecified atom stereocenters. The van der Waals surface area contributed by atoms with E-state index in [4.69, 9.17) is 4.74 Å². The fourth-order valence-electron chi connectivity index (χ4n) is 4.52. The van der Waals surface area contributed by atoms with Gasteiger partial charge in [0.15, 0.2) is 0 Å². The third-order valence-corrected chi connectivity index (χ3v) is 6.41. The van der Waals surface area contributed by atoms with Crippen molar-refractivity contribution in [1.82, 2.24) is 15.2 Å². The molecule has 146 valence electrons. The number of nitrogens with zero attached hydrogens (tertiary/aromatic N) is 2. The maximum Gasteiger partial charge on any atom is 0.408 e. The number of amides is 1. The van der Waals surface area contributed by atoms with E-state index in [0.717, 1.165) is 62.1 Å². The lowest BCUT2D eigenvalue weighted by Crippen LogP contribution is -2.53. The Bertz CT molecular complexity index is 856. The van der Waals surface area contributed by atoms with Gasteiger partial charge in [0, 0.05) is 12.1 Å². The molecule has 4 heterocycles. The molecule has 1 saturated carbocycles. The van der Waals surface area contributed by atoms with E-state index in [2.05, 4.69) is 15.2 Å². The minimum absolute atomic E-state index is 0.0187. The minimum Gasteiger partial charge on any atom is -0.445 e. The van der Waals surface area contributed by atoms with Crippen LogP contribution in [0.25, 0.3) is 11.3 Å². The van der Waals surface area contributed by atoms with Crippen molar-refractivity contribution in [1.29, 1.82) is 0 Å². The van der Waals surface area contributed by atoms with Crippen LogP contribution in [-0.4, -0.2) is 41.7 Å². The van der Waals surface area contributed by atoms with Crippen LogP contribution in [0, 0.1) is 11.7 Å². The molecule has 0 spiro atoms. The summed E-state index contributed by atoms with van der Waals surface area (Å²) in [5.41, 5.74) is 2.41. The lowest BCUT2D eigenvalue weighted by atomic mass is 9.86. The van der Waals surface area contributed by atoms with Crippen LogP contribution >= 0.6 is 0 Å². The SMILES string of the molecule is O=C(NC1(c2ccc(-c3ccc(F)cn3)cc2)CC1)O[C@@H]1CN2CCC1CC2. The number of fused-ring (bicyclic) bond motifs is 3. The highest BCUT2D eigenvalue weighted by Crippen LogP contribution is 2.46. The summed E-state index contributed by atoms with van der Waals surface area (Å²) in [6.45, 7) is 3.13. The van der Waals surface area contributed by atoms with E-state index in [-0.39, 0.29) is 23.6 Å². The number of aromatic nitrogens is 1. The van der Waals surface area contributed by atoms with E-state index in [0.29, 0.717) is 5.92 Å². The zero-order valence-electron chi connectivity index (χ0n) is 15.7. The normalized spacial score (nSPS) is 27.2. The molecule has 3 saturated heterocycles. The third kappa shape index (κ3) is 3.37. The van der Waals surface area contributed by atoms with E-state index >= 15 is 0 Å². The Morgan fingerprint density at radius 1 is 1.14 bits per heavy atom. The third-order valence-electron chi connectivity index (χ3n) is 6.41. The molecule has 6 rings (SSSR count). The van der Waals surface area contributed by atoms with Crippen LogP contribution in [0.5, 0.6) is 0 Å². The van der Waals surface area contributed by atoms with Gasteiger partial charge < -0.3 is 10.1 Å². The summed E-state index contributed by atoms with van der Waals surface area (Å²) in [7, 11) is 0. The quantitative estimate of drug-likeness (QED) is 0.878. The Morgan fingerprint density at radius 3 is 2.46 bits per heavy atom. The largest absolute Gasteiger partial charge is 0.445 e. The molecule has 1 amide bonds. The van der Waals surface area contributed by atoms with Gasteiger partial charge in [0.2, 0.25) is 0 Å². The molecule has 4 aliphatic rings. The number of halogens is 1. The van der Waals surface area contributed by atoms with Crippen molar-refractivity contribution in [2.75, 3.05) is 19.6 Å². The van der Waals surface area contributed by atoms with Gasteiger partial charge in [0.25, 0.3) is 0 Å². The minimum atomic E-state index is -0.344.